The first-order chi connectivity index (χ1) is 8.56. The molecule has 0 aliphatic heterocycles. The number of ether oxygens (including phenoxy) is 2. The SMILES string of the molecule is CCOC(=O)c1c(C#N)ccc(OC)c1C(F)F. The Morgan fingerprint density at radius 1 is 1.50 bits per heavy atom. The van der Waals surface area contributed by atoms with Gasteiger partial charge < -0.3 is 9.47 Å². The van der Waals surface area contributed by atoms with Crippen molar-refractivity contribution in [3.05, 3.63) is 28.8 Å². The molecule has 0 N–H and O–H groups in total. The molecule has 1 aromatic carbocycles. The first-order valence-electron chi connectivity index (χ1n) is 5.13. The molecule has 0 heterocycles. The lowest BCUT2D eigenvalue weighted by molar-refractivity contribution is 0.0513. The summed E-state index contributed by atoms with van der Waals surface area (Å²) in [5.74, 6) is -1.10. The van der Waals surface area contributed by atoms with Crippen LogP contribution in [0, 0.1) is 11.3 Å². The minimum Gasteiger partial charge on any atom is -0.496 e. The van der Waals surface area contributed by atoms with E-state index in [0.717, 1.165) is 0 Å². The number of esters is 1. The molecule has 0 aromatic heterocycles. The Labute approximate surface area is 103 Å². The van der Waals surface area contributed by atoms with Gasteiger partial charge in [-0.25, -0.2) is 13.6 Å². The number of hydrogen-bond acceptors (Lipinski definition) is 4. The summed E-state index contributed by atoms with van der Waals surface area (Å²) in [6, 6.07) is 4.16. The fourth-order valence-corrected chi connectivity index (χ4v) is 1.51. The van der Waals surface area contributed by atoms with Crippen molar-refractivity contribution in [1.29, 1.82) is 5.26 Å². The van der Waals surface area contributed by atoms with Crippen LogP contribution in [0.4, 0.5) is 8.78 Å². The molecule has 0 radical (unpaired) electrons. The van der Waals surface area contributed by atoms with Gasteiger partial charge in [-0.05, 0) is 19.1 Å². The van der Waals surface area contributed by atoms with Crippen molar-refractivity contribution in [2.75, 3.05) is 13.7 Å². The quantitative estimate of drug-likeness (QED) is 0.776. The van der Waals surface area contributed by atoms with Crippen LogP contribution < -0.4 is 4.74 Å². The van der Waals surface area contributed by atoms with Crippen molar-refractivity contribution in [3.63, 3.8) is 0 Å². The maximum atomic E-state index is 13.0. The van der Waals surface area contributed by atoms with Crippen molar-refractivity contribution < 1.29 is 23.0 Å². The Morgan fingerprint density at radius 3 is 2.61 bits per heavy atom. The van der Waals surface area contributed by atoms with E-state index in [1.165, 1.54) is 19.2 Å². The molecule has 0 amide bonds. The van der Waals surface area contributed by atoms with Crippen LogP contribution in [0.5, 0.6) is 5.75 Å². The summed E-state index contributed by atoms with van der Waals surface area (Å²) in [5.41, 5.74) is -1.21. The summed E-state index contributed by atoms with van der Waals surface area (Å²) in [4.78, 5) is 11.7. The summed E-state index contributed by atoms with van der Waals surface area (Å²) < 4.78 is 35.4. The molecule has 0 spiro atoms. The van der Waals surface area contributed by atoms with Crippen LogP contribution in [0.3, 0.4) is 0 Å². The van der Waals surface area contributed by atoms with Gasteiger partial charge in [0, 0.05) is 0 Å². The third kappa shape index (κ3) is 2.56. The van der Waals surface area contributed by atoms with Crippen LogP contribution in [0.1, 0.15) is 34.8 Å². The van der Waals surface area contributed by atoms with E-state index in [4.69, 9.17) is 10.00 Å². The zero-order chi connectivity index (χ0) is 13.7. The molecule has 0 aliphatic rings. The Kier molecular flexibility index (Phi) is 4.60. The normalized spacial score (nSPS) is 10.0. The van der Waals surface area contributed by atoms with Crippen LogP contribution >= 0.6 is 0 Å². The molecule has 18 heavy (non-hydrogen) atoms. The second-order valence-electron chi connectivity index (χ2n) is 3.24. The number of methoxy groups -OCH3 is 1. The number of benzene rings is 1. The lowest BCUT2D eigenvalue weighted by Gasteiger charge is -2.13. The molecular formula is C12H11F2NO3. The Balaban J connectivity index is 3.51. The highest BCUT2D eigenvalue weighted by molar-refractivity contribution is 5.94. The number of nitrogens with zero attached hydrogens (tertiary/aromatic N) is 1. The van der Waals surface area contributed by atoms with Gasteiger partial charge in [-0.3, -0.25) is 0 Å². The average molecular weight is 255 g/mol. The second kappa shape index (κ2) is 5.96. The van der Waals surface area contributed by atoms with Gasteiger partial charge in [0.1, 0.15) is 11.8 Å². The third-order valence-electron chi connectivity index (χ3n) is 2.24. The van der Waals surface area contributed by atoms with Gasteiger partial charge in [-0.2, -0.15) is 5.26 Å². The molecule has 96 valence electrons. The zero-order valence-electron chi connectivity index (χ0n) is 9.87. The van der Waals surface area contributed by atoms with E-state index in [2.05, 4.69) is 4.74 Å². The predicted octanol–water partition coefficient (Wildman–Crippen LogP) is 2.68. The van der Waals surface area contributed by atoms with Gasteiger partial charge in [0.2, 0.25) is 0 Å². The highest BCUT2D eigenvalue weighted by atomic mass is 19.3. The van der Waals surface area contributed by atoms with E-state index in [-0.39, 0.29) is 17.9 Å². The zero-order valence-corrected chi connectivity index (χ0v) is 9.87. The lowest BCUT2D eigenvalue weighted by atomic mass is 10.0. The molecule has 0 saturated heterocycles. The fraction of sp³-hybridized carbons (Fsp3) is 0.333. The molecule has 6 heteroatoms. The van der Waals surface area contributed by atoms with E-state index >= 15 is 0 Å². The minimum absolute atomic E-state index is 0.0313. The van der Waals surface area contributed by atoms with Crippen molar-refractivity contribution in [3.8, 4) is 11.8 Å². The van der Waals surface area contributed by atoms with Crippen LogP contribution in [0.15, 0.2) is 12.1 Å². The van der Waals surface area contributed by atoms with Crippen molar-refractivity contribution in [1.82, 2.24) is 0 Å². The summed E-state index contributed by atoms with van der Waals surface area (Å²) in [6.07, 6.45) is -2.94. The smallest absolute Gasteiger partial charge is 0.340 e. The molecular weight excluding hydrogens is 244 g/mol. The average Bonchev–Trinajstić information content (AvgIpc) is 2.36. The lowest BCUT2D eigenvalue weighted by Crippen LogP contribution is -2.12. The second-order valence-corrected chi connectivity index (χ2v) is 3.24. The third-order valence-corrected chi connectivity index (χ3v) is 2.24. The number of alkyl halides is 2. The van der Waals surface area contributed by atoms with Gasteiger partial charge in [-0.1, -0.05) is 0 Å². The maximum Gasteiger partial charge on any atom is 0.340 e. The first kappa shape index (κ1) is 13.9. The van der Waals surface area contributed by atoms with E-state index < -0.39 is 23.5 Å². The number of halogens is 2. The van der Waals surface area contributed by atoms with E-state index in [1.54, 1.807) is 13.0 Å². The summed E-state index contributed by atoms with van der Waals surface area (Å²) >= 11 is 0. The van der Waals surface area contributed by atoms with Crippen LogP contribution in [0.25, 0.3) is 0 Å². The highest BCUT2D eigenvalue weighted by Gasteiger charge is 2.27. The van der Waals surface area contributed by atoms with Crippen molar-refractivity contribution in [2.45, 2.75) is 13.3 Å². The molecule has 0 bridgehead atoms. The van der Waals surface area contributed by atoms with Crippen LogP contribution in [-0.2, 0) is 4.74 Å². The standard InChI is InChI=1S/C12H11F2NO3/c1-3-18-12(16)9-7(6-15)4-5-8(17-2)10(9)11(13)14/h4-5,11H,3H2,1-2H3. The summed E-state index contributed by atoms with van der Waals surface area (Å²) in [5, 5.41) is 8.86. The summed E-state index contributed by atoms with van der Waals surface area (Å²) in [6.45, 7) is 1.58. The van der Waals surface area contributed by atoms with Gasteiger partial charge >= 0.3 is 5.97 Å². The molecule has 0 atom stereocenters. The Hall–Kier alpha value is -2.16. The molecule has 0 unspecified atom stereocenters. The Morgan fingerprint density at radius 2 is 2.17 bits per heavy atom. The topological polar surface area (TPSA) is 59.3 Å². The summed E-state index contributed by atoms with van der Waals surface area (Å²) in [7, 11) is 1.21. The highest BCUT2D eigenvalue weighted by Crippen LogP contribution is 2.34. The van der Waals surface area contributed by atoms with E-state index in [0.29, 0.717) is 0 Å². The number of carbonyl (C=O) groups is 1. The predicted molar refractivity (Wildman–Crippen MR) is 58.6 cm³/mol. The van der Waals surface area contributed by atoms with Gasteiger partial charge in [0.15, 0.2) is 0 Å². The number of nitriles is 1. The van der Waals surface area contributed by atoms with Gasteiger partial charge in [-0.15, -0.1) is 0 Å². The van der Waals surface area contributed by atoms with Crippen LogP contribution in [-0.4, -0.2) is 19.7 Å². The molecule has 4 nitrogen and oxygen atoms in total. The molecule has 0 saturated carbocycles. The van der Waals surface area contributed by atoms with Crippen molar-refractivity contribution in [2.24, 2.45) is 0 Å². The maximum absolute atomic E-state index is 13.0. The molecule has 0 aliphatic carbocycles. The Bertz CT molecular complexity index is 495. The van der Waals surface area contributed by atoms with Crippen LogP contribution in [0.2, 0.25) is 0 Å². The van der Waals surface area contributed by atoms with Gasteiger partial charge in [0.25, 0.3) is 6.43 Å². The molecule has 1 rings (SSSR count). The number of hydrogen-bond donors (Lipinski definition) is 0. The van der Waals surface area contributed by atoms with E-state index in [1.807, 2.05) is 0 Å². The monoisotopic (exact) mass is 255 g/mol. The fourth-order valence-electron chi connectivity index (χ4n) is 1.51. The minimum atomic E-state index is -2.94. The van der Waals surface area contributed by atoms with Gasteiger partial charge in [0.05, 0.1) is 30.4 Å². The first-order valence-corrected chi connectivity index (χ1v) is 5.13. The molecule has 1 aromatic rings. The largest absolute Gasteiger partial charge is 0.496 e. The van der Waals surface area contributed by atoms with E-state index in [9.17, 15) is 13.6 Å². The number of carbonyl (C=O) groups excluding carboxylic acids is 1. The number of rotatable bonds is 4. The molecule has 0 fully saturated rings. The van der Waals surface area contributed by atoms with Crippen molar-refractivity contribution >= 4 is 5.97 Å².